The number of nitrogens with two attached hydrogens (primary N) is 1. The molecule has 2 atom stereocenters. The van der Waals surface area contributed by atoms with Crippen molar-refractivity contribution in [3.8, 4) is 0 Å². The average Bonchev–Trinajstić information content (AvgIpc) is 3.15. The van der Waals surface area contributed by atoms with Crippen molar-refractivity contribution in [3.63, 3.8) is 0 Å². The molecule has 148 valence electrons. The zero-order chi connectivity index (χ0) is 20.4. The second-order valence-electron chi connectivity index (χ2n) is 6.89. The molecular weight excluding hydrogens is 368 g/mol. The Labute approximate surface area is 167 Å². The van der Waals surface area contributed by atoms with E-state index in [1.165, 1.54) is 7.11 Å². The first-order chi connectivity index (χ1) is 14.1. The average molecular weight is 390 g/mol. The van der Waals surface area contributed by atoms with E-state index in [1.807, 2.05) is 54.7 Å². The number of aromatic nitrogens is 2. The van der Waals surface area contributed by atoms with Gasteiger partial charge in [-0.3, -0.25) is 0 Å². The van der Waals surface area contributed by atoms with Crippen molar-refractivity contribution in [1.29, 1.82) is 0 Å². The quantitative estimate of drug-likeness (QED) is 0.510. The van der Waals surface area contributed by atoms with Gasteiger partial charge in [-0.2, -0.15) is 0 Å². The van der Waals surface area contributed by atoms with Crippen LogP contribution in [0.2, 0.25) is 0 Å². The molecule has 2 aromatic carbocycles. The van der Waals surface area contributed by atoms with E-state index < -0.39 is 18.1 Å². The van der Waals surface area contributed by atoms with Crippen molar-refractivity contribution in [2.24, 2.45) is 10.7 Å². The van der Waals surface area contributed by atoms with Crippen molar-refractivity contribution in [3.05, 3.63) is 71.7 Å². The van der Waals surface area contributed by atoms with E-state index in [4.69, 9.17) is 14.9 Å². The predicted octanol–water partition coefficient (Wildman–Crippen LogP) is 3.01. The summed E-state index contributed by atoms with van der Waals surface area (Å²) in [6.07, 6.45) is 2.27. The molecule has 2 heterocycles. The summed E-state index contributed by atoms with van der Waals surface area (Å²) in [5.74, 6) is -0.0770. The number of aromatic amines is 1. The van der Waals surface area contributed by atoms with Gasteiger partial charge in [0, 0.05) is 23.5 Å². The molecule has 0 fully saturated rings. The van der Waals surface area contributed by atoms with E-state index in [0.717, 1.165) is 16.5 Å². The Bertz CT molecular complexity index is 1240. The molecule has 0 spiro atoms. The number of methoxy groups -OCH3 is 1. The Balaban J connectivity index is 1.84. The standard InChI is InChI=1S/C22H22N4O3/c1-13(23)20-25-18-10-6-4-8-16(18)21(29-20)26-19(22(27)28-2)11-14-12-24-17-9-5-3-7-15(14)17/h3-10,12-13,19,24H,11,23H2,1-2H3/t13-,19-/m1/s1. The van der Waals surface area contributed by atoms with E-state index in [1.54, 1.807) is 6.92 Å². The molecule has 0 aliphatic rings. The number of benzene rings is 2. The number of fused-ring (bicyclic) bond motifs is 2. The van der Waals surface area contributed by atoms with Crippen LogP contribution in [0.1, 0.15) is 24.4 Å². The van der Waals surface area contributed by atoms with E-state index in [2.05, 4.69) is 15.0 Å². The van der Waals surface area contributed by atoms with Gasteiger partial charge >= 0.3 is 5.97 Å². The van der Waals surface area contributed by atoms with E-state index >= 15 is 0 Å². The lowest BCUT2D eigenvalue weighted by molar-refractivity contribution is -0.142. The van der Waals surface area contributed by atoms with Crippen molar-refractivity contribution in [2.45, 2.75) is 25.4 Å². The maximum atomic E-state index is 12.5. The Kier molecular flexibility index (Phi) is 5.14. The lowest BCUT2D eigenvalue weighted by Crippen LogP contribution is -2.26. The van der Waals surface area contributed by atoms with Crippen LogP contribution in [0.4, 0.5) is 0 Å². The fraction of sp³-hybridized carbons (Fsp3) is 0.227. The number of ether oxygens (including phenoxy) is 1. The summed E-state index contributed by atoms with van der Waals surface area (Å²) in [4.78, 5) is 24.8. The fourth-order valence-corrected chi connectivity index (χ4v) is 3.31. The van der Waals surface area contributed by atoms with Gasteiger partial charge in [0.05, 0.1) is 24.1 Å². The molecule has 2 aromatic heterocycles. The van der Waals surface area contributed by atoms with Crippen LogP contribution in [0.15, 0.2) is 64.1 Å². The third-order valence-electron chi connectivity index (χ3n) is 4.79. The monoisotopic (exact) mass is 390 g/mol. The highest BCUT2D eigenvalue weighted by Gasteiger charge is 2.21. The SMILES string of the molecule is COC(=O)[C@@H](Cc1c[nH]c2ccccc12)N=c1oc([C@@H](C)N)nc2ccccc12. The minimum Gasteiger partial charge on any atom is -0.467 e. The number of nitrogens with one attached hydrogen (secondary N) is 1. The molecule has 29 heavy (non-hydrogen) atoms. The minimum atomic E-state index is -0.769. The molecule has 0 unspecified atom stereocenters. The lowest BCUT2D eigenvalue weighted by Gasteiger charge is -2.11. The van der Waals surface area contributed by atoms with E-state index in [-0.39, 0.29) is 0 Å². The van der Waals surface area contributed by atoms with Crippen LogP contribution in [0, 0.1) is 0 Å². The molecule has 0 amide bonds. The maximum absolute atomic E-state index is 12.5. The normalized spacial score (nSPS) is 14.2. The molecule has 0 saturated heterocycles. The fourth-order valence-electron chi connectivity index (χ4n) is 3.31. The van der Waals surface area contributed by atoms with Gasteiger partial charge < -0.3 is 19.9 Å². The maximum Gasteiger partial charge on any atom is 0.331 e. The lowest BCUT2D eigenvalue weighted by atomic mass is 10.1. The number of H-pyrrole nitrogens is 1. The van der Waals surface area contributed by atoms with E-state index in [9.17, 15) is 4.79 Å². The van der Waals surface area contributed by atoms with Crippen molar-refractivity contribution in [1.82, 2.24) is 9.97 Å². The van der Waals surface area contributed by atoms with Gasteiger partial charge in [-0.05, 0) is 30.7 Å². The molecule has 3 N–H and O–H groups in total. The number of esters is 1. The van der Waals surface area contributed by atoms with Crippen molar-refractivity contribution < 1.29 is 13.9 Å². The number of nitrogens with zero attached hydrogens (tertiary/aromatic N) is 2. The van der Waals surface area contributed by atoms with Crippen LogP contribution < -0.4 is 11.3 Å². The molecule has 0 radical (unpaired) electrons. The second-order valence-corrected chi connectivity index (χ2v) is 6.89. The number of carbonyl (C=O) groups excluding carboxylic acids is 1. The van der Waals surface area contributed by atoms with Gasteiger partial charge in [-0.15, -0.1) is 0 Å². The molecule has 0 bridgehead atoms. The summed E-state index contributed by atoms with van der Waals surface area (Å²) in [6.45, 7) is 1.79. The van der Waals surface area contributed by atoms with Crippen LogP contribution in [0.5, 0.6) is 0 Å². The number of carbonyl (C=O) groups is 1. The Hall–Kier alpha value is -3.45. The highest BCUT2D eigenvalue weighted by Crippen LogP contribution is 2.20. The molecule has 0 aliphatic heterocycles. The van der Waals surface area contributed by atoms with Crippen LogP contribution >= 0.6 is 0 Å². The summed E-state index contributed by atoms with van der Waals surface area (Å²) in [6, 6.07) is 14.2. The van der Waals surface area contributed by atoms with Gasteiger partial charge in [0.1, 0.15) is 0 Å². The summed E-state index contributed by atoms with van der Waals surface area (Å²) >= 11 is 0. The Morgan fingerprint density at radius 3 is 2.69 bits per heavy atom. The molecule has 0 aliphatic carbocycles. The Morgan fingerprint density at radius 1 is 1.21 bits per heavy atom. The van der Waals surface area contributed by atoms with Crippen LogP contribution in [0.3, 0.4) is 0 Å². The van der Waals surface area contributed by atoms with Gasteiger partial charge in [0.15, 0.2) is 6.04 Å². The minimum absolute atomic E-state index is 0.318. The summed E-state index contributed by atoms with van der Waals surface area (Å²) in [7, 11) is 1.36. The van der Waals surface area contributed by atoms with Gasteiger partial charge in [-0.1, -0.05) is 30.3 Å². The van der Waals surface area contributed by atoms with E-state index in [0.29, 0.717) is 28.8 Å². The number of para-hydroxylation sites is 2. The molecule has 0 saturated carbocycles. The van der Waals surface area contributed by atoms with Crippen molar-refractivity contribution in [2.75, 3.05) is 7.11 Å². The van der Waals surface area contributed by atoms with Crippen LogP contribution in [0.25, 0.3) is 21.8 Å². The third-order valence-corrected chi connectivity index (χ3v) is 4.79. The summed E-state index contributed by atoms with van der Waals surface area (Å²) in [5, 5.41) is 1.76. The zero-order valence-corrected chi connectivity index (χ0v) is 16.3. The first-order valence-electron chi connectivity index (χ1n) is 9.39. The summed E-state index contributed by atoms with van der Waals surface area (Å²) < 4.78 is 10.9. The van der Waals surface area contributed by atoms with Gasteiger partial charge in [0.2, 0.25) is 11.4 Å². The topological polar surface area (TPSA) is 106 Å². The second kappa shape index (κ2) is 7.89. The first-order valence-corrected chi connectivity index (χ1v) is 9.39. The van der Waals surface area contributed by atoms with Gasteiger partial charge in [-0.25, -0.2) is 14.8 Å². The Morgan fingerprint density at radius 2 is 1.93 bits per heavy atom. The highest BCUT2D eigenvalue weighted by atomic mass is 16.5. The van der Waals surface area contributed by atoms with Crippen LogP contribution in [-0.4, -0.2) is 29.1 Å². The van der Waals surface area contributed by atoms with Crippen LogP contribution in [-0.2, 0) is 16.0 Å². The zero-order valence-electron chi connectivity index (χ0n) is 16.3. The molecule has 7 nitrogen and oxygen atoms in total. The first kappa shape index (κ1) is 18.9. The molecule has 7 heteroatoms. The predicted molar refractivity (Wildman–Crippen MR) is 110 cm³/mol. The molecular formula is C22H22N4O3. The number of hydrogen-bond acceptors (Lipinski definition) is 6. The molecule has 4 aromatic rings. The molecule has 4 rings (SSSR count). The van der Waals surface area contributed by atoms with Crippen molar-refractivity contribution >= 4 is 27.8 Å². The highest BCUT2D eigenvalue weighted by molar-refractivity contribution is 5.85. The number of rotatable bonds is 5. The van der Waals surface area contributed by atoms with Gasteiger partial charge in [0.25, 0.3) is 0 Å². The smallest absolute Gasteiger partial charge is 0.331 e. The third kappa shape index (κ3) is 3.77. The number of hydrogen-bond donors (Lipinski definition) is 2. The summed E-state index contributed by atoms with van der Waals surface area (Å²) in [5.41, 5.74) is 8.98. The largest absolute Gasteiger partial charge is 0.467 e.